The average molecular weight is 409 g/mol. The summed E-state index contributed by atoms with van der Waals surface area (Å²) in [6.45, 7) is 0.393. The molecule has 0 radical (unpaired) electrons. The van der Waals surface area contributed by atoms with Gasteiger partial charge < -0.3 is 4.74 Å². The number of rotatable bonds is 5. The van der Waals surface area contributed by atoms with Crippen molar-refractivity contribution in [2.75, 3.05) is 7.11 Å². The average Bonchev–Trinajstić information content (AvgIpc) is 3.30. The molecule has 0 fully saturated rings. The molecule has 7 nitrogen and oxygen atoms in total. The SMILES string of the molecule is COc1cn(Cc2nccc3ccccc23)nc(-c2ccnn2-c2ccccc2)c1=O. The third kappa shape index (κ3) is 3.46. The Morgan fingerprint density at radius 2 is 1.74 bits per heavy atom. The summed E-state index contributed by atoms with van der Waals surface area (Å²) in [5, 5.41) is 11.2. The lowest BCUT2D eigenvalue weighted by molar-refractivity contribution is 0.402. The van der Waals surface area contributed by atoms with Crippen LogP contribution in [0.1, 0.15) is 5.69 Å². The number of fused-ring (bicyclic) bond motifs is 1. The second-order valence-corrected chi connectivity index (χ2v) is 7.02. The van der Waals surface area contributed by atoms with Crippen molar-refractivity contribution in [2.24, 2.45) is 0 Å². The normalized spacial score (nSPS) is 11.0. The number of methoxy groups -OCH3 is 1. The predicted molar refractivity (Wildman–Crippen MR) is 118 cm³/mol. The Kier molecular flexibility index (Phi) is 4.76. The zero-order valence-corrected chi connectivity index (χ0v) is 16.8. The van der Waals surface area contributed by atoms with Gasteiger partial charge in [-0.1, -0.05) is 42.5 Å². The summed E-state index contributed by atoms with van der Waals surface area (Å²) in [4.78, 5) is 17.6. The first-order valence-corrected chi connectivity index (χ1v) is 9.83. The van der Waals surface area contributed by atoms with Crippen LogP contribution in [0.25, 0.3) is 27.8 Å². The maximum absolute atomic E-state index is 13.0. The lowest BCUT2D eigenvalue weighted by Gasteiger charge is -2.12. The number of benzene rings is 2. The molecule has 0 atom stereocenters. The summed E-state index contributed by atoms with van der Waals surface area (Å²) in [7, 11) is 1.48. The number of hydrogen-bond donors (Lipinski definition) is 0. The third-order valence-corrected chi connectivity index (χ3v) is 5.11. The molecule has 2 aromatic carbocycles. The van der Waals surface area contributed by atoms with Gasteiger partial charge in [-0.25, -0.2) is 4.68 Å². The summed E-state index contributed by atoms with van der Waals surface area (Å²) < 4.78 is 8.76. The molecule has 152 valence electrons. The number of aromatic nitrogens is 5. The molecule has 31 heavy (non-hydrogen) atoms. The lowest BCUT2D eigenvalue weighted by atomic mass is 10.1. The van der Waals surface area contributed by atoms with Crippen molar-refractivity contribution in [1.29, 1.82) is 0 Å². The molecule has 3 heterocycles. The topological polar surface area (TPSA) is 74.8 Å². The number of hydrogen-bond acceptors (Lipinski definition) is 5. The van der Waals surface area contributed by atoms with Crippen molar-refractivity contribution < 1.29 is 4.74 Å². The van der Waals surface area contributed by atoms with Gasteiger partial charge in [-0.2, -0.15) is 10.2 Å². The third-order valence-electron chi connectivity index (χ3n) is 5.11. The first-order valence-electron chi connectivity index (χ1n) is 9.83. The summed E-state index contributed by atoms with van der Waals surface area (Å²) >= 11 is 0. The highest BCUT2D eigenvalue weighted by Gasteiger charge is 2.17. The first-order chi connectivity index (χ1) is 15.2. The molecule has 0 unspecified atom stereocenters. The highest BCUT2D eigenvalue weighted by atomic mass is 16.5. The van der Waals surface area contributed by atoms with Gasteiger partial charge >= 0.3 is 0 Å². The zero-order valence-electron chi connectivity index (χ0n) is 16.8. The monoisotopic (exact) mass is 409 g/mol. The molecule has 0 spiro atoms. The van der Waals surface area contributed by atoms with Crippen LogP contribution in [0.5, 0.6) is 5.75 Å². The summed E-state index contributed by atoms with van der Waals surface area (Å²) in [5.74, 6) is 0.214. The second kappa shape index (κ2) is 7.87. The van der Waals surface area contributed by atoms with Gasteiger partial charge in [0.15, 0.2) is 11.4 Å². The molecule has 0 amide bonds. The van der Waals surface area contributed by atoms with Crippen LogP contribution in [0.4, 0.5) is 0 Å². The van der Waals surface area contributed by atoms with Crippen molar-refractivity contribution >= 4 is 10.8 Å². The van der Waals surface area contributed by atoms with E-state index in [1.54, 1.807) is 34.0 Å². The molecule has 0 aliphatic heterocycles. The number of ether oxygens (including phenoxy) is 1. The molecule has 0 N–H and O–H groups in total. The fraction of sp³-hybridized carbons (Fsp3) is 0.0833. The Morgan fingerprint density at radius 3 is 2.58 bits per heavy atom. The van der Waals surface area contributed by atoms with E-state index in [2.05, 4.69) is 15.2 Å². The van der Waals surface area contributed by atoms with E-state index in [0.29, 0.717) is 12.2 Å². The van der Waals surface area contributed by atoms with Gasteiger partial charge in [-0.3, -0.25) is 14.5 Å². The minimum Gasteiger partial charge on any atom is -0.491 e. The van der Waals surface area contributed by atoms with E-state index in [9.17, 15) is 4.79 Å². The fourth-order valence-corrected chi connectivity index (χ4v) is 3.63. The van der Waals surface area contributed by atoms with E-state index in [4.69, 9.17) is 4.74 Å². The van der Waals surface area contributed by atoms with E-state index in [1.165, 1.54) is 7.11 Å². The molecule has 5 rings (SSSR count). The molecule has 0 saturated heterocycles. The number of nitrogens with zero attached hydrogens (tertiary/aromatic N) is 5. The van der Waals surface area contributed by atoms with Gasteiger partial charge in [0.2, 0.25) is 0 Å². The second-order valence-electron chi connectivity index (χ2n) is 7.02. The van der Waals surface area contributed by atoms with Crippen LogP contribution in [-0.4, -0.2) is 31.7 Å². The molecule has 0 aliphatic rings. The maximum Gasteiger partial charge on any atom is 0.251 e. The van der Waals surface area contributed by atoms with E-state index in [-0.39, 0.29) is 16.9 Å². The van der Waals surface area contributed by atoms with Crippen molar-refractivity contribution in [3.63, 3.8) is 0 Å². The fourth-order valence-electron chi connectivity index (χ4n) is 3.63. The highest BCUT2D eigenvalue weighted by Crippen LogP contribution is 2.21. The minimum atomic E-state index is -0.290. The van der Waals surface area contributed by atoms with Crippen molar-refractivity contribution in [3.8, 4) is 22.8 Å². The van der Waals surface area contributed by atoms with Crippen LogP contribution in [0.2, 0.25) is 0 Å². The van der Waals surface area contributed by atoms with Gasteiger partial charge in [-0.15, -0.1) is 0 Å². The highest BCUT2D eigenvalue weighted by molar-refractivity contribution is 5.84. The molecule has 0 aliphatic carbocycles. The van der Waals surface area contributed by atoms with E-state index < -0.39 is 0 Å². The number of pyridine rings is 1. The van der Waals surface area contributed by atoms with Crippen LogP contribution >= 0.6 is 0 Å². The summed E-state index contributed by atoms with van der Waals surface area (Å²) in [6, 6.07) is 21.4. The quantitative estimate of drug-likeness (QED) is 0.442. The van der Waals surface area contributed by atoms with Gasteiger partial charge in [0.25, 0.3) is 5.43 Å². The van der Waals surface area contributed by atoms with Crippen LogP contribution in [0.3, 0.4) is 0 Å². The molecular weight excluding hydrogens is 390 g/mol. The van der Waals surface area contributed by atoms with Gasteiger partial charge in [0, 0.05) is 11.6 Å². The van der Waals surface area contributed by atoms with Crippen molar-refractivity contribution in [3.05, 3.63) is 101 Å². The van der Waals surface area contributed by atoms with E-state index in [1.807, 2.05) is 60.7 Å². The van der Waals surface area contributed by atoms with Crippen LogP contribution < -0.4 is 10.2 Å². The minimum absolute atomic E-state index is 0.214. The first kappa shape index (κ1) is 18.7. The predicted octanol–water partition coefficient (Wildman–Crippen LogP) is 3.70. The molecule has 5 aromatic rings. The molecule has 0 bridgehead atoms. The van der Waals surface area contributed by atoms with Gasteiger partial charge in [0.1, 0.15) is 0 Å². The van der Waals surface area contributed by atoms with E-state index >= 15 is 0 Å². The molecule has 7 heteroatoms. The number of para-hydroxylation sites is 1. The van der Waals surface area contributed by atoms with E-state index in [0.717, 1.165) is 22.2 Å². The van der Waals surface area contributed by atoms with Gasteiger partial charge in [0.05, 0.1) is 43.1 Å². The molecular formula is C24H19N5O2. The summed E-state index contributed by atoms with van der Waals surface area (Å²) in [6.07, 6.45) is 5.04. The Labute approximate surface area is 178 Å². The maximum atomic E-state index is 13.0. The van der Waals surface area contributed by atoms with Crippen LogP contribution in [-0.2, 0) is 6.54 Å². The Hall–Kier alpha value is -4.26. The molecule has 3 aromatic heterocycles. The smallest absolute Gasteiger partial charge is 0.251 e. The molecule has 0 saturated carbocycles. The van der Waals surface area contributed by atoms with Crippen molar-refractivity contribution in [1.82, 2.24) is 24.5 Å². The Morgan fingerprint density at radius 1 is 0.935 bits per heavy atom. The largest absolute Gasteiger partial charge is 0.491 e. The lowest BCUT2D eigenvalue weighted by Crippen LogP contribution is -2.19. The van der Waals surface area contributed by atoms with Crippen molar-refractivity contribution in [2.45, 2.75) is 6.54 Å². The standard InChI is InChI=1S/C24H19N5O2/c1-31-22-16-28(15-20-19-10-6-5-7-17(19)11-13-25-20)27-23(24(22)30)21-12-14-26-29(21)18-8-3-2-4-9-18/h2-14,16H,15H2,1H3. The van der Waals surface area contributed by atoms with Crippen LogP contribution in [0.15, 0.2) is 90.1 Å². The summed E-state index contributed by atoms with van der Waals surface area (Å²) in [5.41, 5.74) is 2.27. The zero-order chi connectivity index (χ0) is 21.2. The van der Waals surface area contributed by atoms with Gasteiger partial charge in [-0.05, 0) is 29.7 Å². The van der Waals surface area contributed by atoms with Crippen LogP contribution in [0, 0.1) is 0 Å². The Bertz CT molecular complexity index is 1420. The Balaban J connectivity index is 1.63.